The zero-order valence-corrected chi connectivity index (χ0v) is 30.6. The Morgan fingerprint density at radius 2 is 1.41 bits per heavy atom. The van der Waals surface area contributed by atoms with Crippen molar-refractivity contribution >= 4 is 28.5 Å². The number of carbonyl (C=O) groups excluding carboxylic acids is 2. The van der Waals surface area contributed by atoms with Gasteiger partial charge in [0.15, 0.2) is 0 Å². The second-order valence-corrected chi connectivity index (χ2v) is 13.3. The van der Waals surface area contributed by atoms with Crippen LogP contribution >= 0.6 is 0 Å². The third-order valence-corrected chi connectivity index (χ3v) is 10.3. The van der Waals surface area contributed by atoms with Crippen LogP contribution in [0.25, 0.3) is 33.4 Å². The van der Waals surface area contributed by atoms with Crippen molar-refractivity contribution < 1.29 is 14.0 Å². The number of fused-ring (bicyclic) bond motifs is 2. The van der Waals surface area contributed by atoms with Gasteiger partial charge in [0.25, 0.3) is 5.91 Å². The molecule has 49 heavy (non-hydrogen) atoms. The average Bonchev–Trinajstić information content (AvgIpc) is 3.14. The molecular formula is C42H57N4O3+. The summed E-state index contributed by atoms with van der Waals surface area (Å²) in [5.74, 6) is 1.04. The summed E-state index contributed by atoms with van der Waals surface area (Å²) in [5, 5.41) is 2.11. The highest BCUT2D eigenvalue weighted by Crippen LogP contribution is 2.42. The van der Waals surface area contributed by atoms with E-state index >= 15 is 0 Å². The first kappa shape index (κ1) is 36.2. The minimum atomic E-state index is 0.0105. The molecule has 1 aliphatic carbocycles. The lowest BCUT2D eigenvalue weighted by Crippen LogP contribution is -2.50. The van der Waals surface area contributed by atoms with Crippen molar-refractivity contribution in [2.45, 2.75) is 86.0 Å². The number of carbonyl (C=O) groups is 2. The average molecular weight is 666 g/mol. The van der Waals surface area contributed by atoms with E-state index < -0.39 is 0 Å². The summed E-state index contributed by atoms with van der Waals surface area (Å²) in [6, 6.07) is 20.9. The summed E-state index contributed by atoms with van der Waals surface area (Å²) >= 11 is 0. The van der Waals surface area contributed by atoms with Gasteiger partial charge >= 0.3 is 0 Å². The molecule has 0 bridgehead atoms. The first-order chi connectivity index (χ1) is 23.9. The predicted molar refractivity (Wildman–Crippen MR) is 203 cm³/mol. The van der Waals surface area contributed by atoms with Crippen molar-refractivity contribution in [2.75, 3.05) is 57.3 Å². The SMILES string of the molecule is CCCCCCCCCC(=O)N1CCN(C(=O)c2ccccc2-c2c3ccc(=[N+](CC)CC)cc-3oc3cc(N(CC)CC)ccc23)CC1. The van der Waals surface area contributed by atoms with Crippen molar-refractivity contribution in [1.82, 2.24) is 14.4 Å². The van der Waals surface area contributed by atoms with E-state index in [1.165, 1.54) is 32.1 Å². The molecular weight excluding hydrogens is 608 g/mol. The molecule has 7 heteroatoms. The Labute approximate surface area is 293 Å². The molecule has 0 radical (unpaired) electrons. The van der Waals surface area contributed by atoms with Crippen LogP contribution in [-0.4, -0.2) is 74.0 Å². The smallest absolute Gasteiger partial charge is 0.254 e. The van der Waals surface area contributed by atoms with E-state index in [1.54, 1.807) is 0 Å². The van der Waals surface area contributed by atoms with Crippen LogP contribution in [0.1, 0.15) is 96.3 Å². The van der Waals surface area contributed by atoms with Gasteiger partial charge < -0.3 is 19.1 Å². The zero-order valence-electron chi connectivity index (χ0n) is 30.6. The van der Waals surface area contributed by atoms with Gasteiger partial charge in [-0.15, -0.1) is 0 Å². The van der Waals surface area contributed by atoms with Gasteiger partial charge in [-0.1, -0.05) is 63.6 Å². The standard InChI is InChI=1S/C42H57N4O3/c1-6-11-12-13-14-15-16-21-40(47)45-26-28-46(29-27-45)42(48)35-20-18-17-19-34(35)41-36-24-22-32(43(7-2)8-3)30-38(36)49-39-31-33(23-25-37(39)41)44(9-4)10-5/h17-20,22-25,30-31H,6-16,21,26-29H2,1-5H3/q+1. The molecule has 0 aromatic heterocycles. The Hall–Kier alpha value is -4.13. The highest BCUT2D eigenvalue weighted by atomic mass is 16.3. The maximum Gasteiger partial charge on any atom is 0.254 e. The van der Waals surface area contributed by atoms with E-state index in [0.717, 1.165) is 83.5 Å². The van der Waals surface area contributed by atoms with Crippen LogP contribution in [0.15, 0.2) is 65.1 Å². The van der Waals surface area contributed by atoms with Gasteiger partial charge in [0.2, 0.25) is 11.3 Å². The number of hydrogen-bond acceptors (Lipinski definition) is 4. The van der Waals surface area contributed by atoms with Crippen molar-refractivity contribution in [2.24, 2.45) is 0 Å². The van der Waals surface area contributed by atoms with Gasteiger partial charge in [0.05, 0.1) is 6.07 Å². The van der Waals surface area contributed by atoms with Crippen molar-refractivity contribution in [1.29, 1.82) is 0 Å². The van der Waals surface area contributed by atoms with Crippen LogP contribution in [0.4, 0.5) is 5.69 Å². The van der Waals surface area contributed by atoms with Crippen LogP contribution in [-0.2, 0) is 4.79 Å². The number of nitrogens with zero attached hydrogens (tertiary/aromatic N) is 4. The molecule has 0 spiro atoms. The maximum absolute atomic E-state index is 14.3. The zero-order chi connectivity index (χ0) is 34.8. The molecule has 1 fully saturated rings. The fourth-order valence-electron chi connectivity index (χ4n) is 7.34. The molecule has 2 aromatic rings. The third-order valence-electron chi connectivity index (χ3n) is 10.3. The minimum Gasteiger partial charge on any atom is -0.456 e. The molecule has 2 amide bonds. The molecule has 0 unspecified atom stereocenters. The molecule has 5 rings (SSSR count). The topological polar surface area (TPSA) is 60.0 Å². The van der Waals surface area contributed by atoms with Crippen LogP contribution in [0.5, 0.6) is 0 Å². The Morgan fingerprint density at radius 1 is 0.735 bits per heavy atom. The molecule has 2 heterocycles. The molecule has 262 valence electrons. The largest absolute Gasteiger partial charge is 0.456 e. The molecule has 3 aliphatic rings. The summed E-state index contributed by atoms with van der Waals surface area (Å²) in [4.78, 5) is 33.5. The van der Waals surface area contributed by atoms with E-state index in [2.05, 4.69) is 86.6 Å². The van der Waals surface area contributed by atoms with Gasteiger partial charge in [0.1, 0.15) is 24.4 Å². The highest BCUT2D eigenvalue weighted by molar-refractivity contribution is 6.09. The lowest BCUT2D eigenvalue weighted by molar-refractivity contribution is -0.132. The van der Waals surface area contributed by atoms with Gasteiger partial charge in [-0.05, 0) is 63.9 Å². The maximum atomic E-state index is 14.3. The number of hydrogen-bond donors (Lipinski definition) is 0. The van der Waals surface area contributed by atoms with Gasteiger partial charge in [-0.25, -0.2) is 4.58 Å². The molecule has 2 aliphatic heterocycles. The predicted octanol–water partition coefficient (Wildman–Crippen LogP) is 8.29. The van der Waals surface area contributed by atoms with E-state index in [9.17, 15) is 9.59 Å². The van der Waals surface area contributed by atoms with Crippen LogP contribution in [0.3, 0.4) is 0 Å². The van der Waals surface area contributed by atoms with Gasteiger partial charge in [0, 0.05) is 85.6 Å². The molecule has 1 saturated heterocycles. The fraction of sp³-hybridized carbons (Fsp3) is 0.500. The number of unbranched alkanes of at least 4 members (excludes halogenated alkanes) is 6. The van der Waals surface area contributed by atoms with E-state index in [-0.39, 0.29) is 11.8 Å². The summed E-state index contributed by atoms with van der Waals surface area (Å²) in [6.07, 6.45) is 9.01. The lowest BCUT2D eigenvalue weighted by atomic mass is 9.90. The van der Waals surface area contributed by atoms with Crippen molar-refractivity contribution in [3.05, 3.63) is 71.6 Å². The van der Waals surface area contributed by atoms with Crippen LogP contribution < -0.4 is 14.8 Å². The number of amides is 2. The first-order valence-electron chi connectivity index (χ1n) is 18.9. The number of rotatable bonds is 15. The van der Waals surface area contributed by atoms with Crippen LogP contribution in [0, 0.1) is 0 Å². The molecule has 0 saturated carbocycles. The highest BCUT2D eigenvalue weighted by Gasteiger charge is 2.28. The Kier molecular flexibility index (Phi) is 12.9. The molecule has 2 aromatic carbocycles. The Bertz CT molecular complexity index is 1740. The number of piperazine rings is 1. The van der Waals surface area contributed by atoms with Crippen molar-refractivity contribution in [3.8, 4) is 22.5 Å². The third kappa shape index (κ3) is 8.37. The second kappa shape index (κ2) is 17.5. The van der Waals surface area contributed by atoms with Gasteiger partial charge in [-0.2, -0.15) is 0 Å². The fourth-order valence-corrected chi connectivity index (χ4v) is 7.34. The Morgan fingerprint density at radius 3 is 2.10 bits per heavy atom. The summed E-state index contributed by atoms with van der Waals surface area (Å²) in [6.45, 7) is 16.8. The second-order valence-electron chi connectivity index (χ2n) is 13.3. The summed E-state index contributed by atoms with van der Waals surface area (Å²) in [5.41, 5.74) is 5.51. The van der Waals surface area contributed by atoms with E-state index in [1.807, 2.05) is 28.0 Å². The number of benzene rings is 3. The van der Waals surface area contributed by atoms with Gasteiger partial charge in [-0.3, -0.25) is 9.59 Å². The number of anilines is 1. The summed E-state index contributed by atoms with van der Waals surface area (Å²) < 4.78 is 9.01. The lowest BCUT2D eigenvalue weighted by Gasteiger charge is -2.35. The Balaban J connectivity index is 1.44. The van der Waals surface area contributed by atoms with Crippen molar-refractivity contribution in [3.63, 3.8) is 0 Å². The molecule has 0 atom stereocenters. The van der Waals surface area contributed by atoms with Crippen LogP contribution in [0.2, 0.25) is 0 Å². The minimum absolute atomic E-state index is 0.0105. The monoisotopic (exact) mass is 665 g/mol. The quantitative estimate of drug-likeness (QED) is 0.0729. The first-order valence-corrected chi connectivity index (χ1v) is 18.9. The summed E-state index contributed by atoms with van der Waals surface area (Å²) in [7, 11) is 0. The normalized spacial score (nSPS) is 13.3. The van der Waals surface area contributed by atoms with E-state index in [0.29, 0.717) is 38.2 Å². The van der Waals surface area contributed by atoms with E-state index in [4.69, 9.17) is 4.42 Å². The molecule has 7 nitrogen and oxygen atoms in total. The molecule has 0 N–H and O–H groups in total.